The number of rotatable bonds is 5. The van der Waals surface area contributed by atoms with Crippen molar-refractivity contribution in [1.29, 1.82) is 0 Å². The van der Waals surface area contributed by atoms with Crippen molar-refractivity contribution in [2.75, 3.05) is 13.2 Å². The molecular weight excluding hydrogens is 332 g/mol. The normalized spacial score (nSPS) is 17.0. The minimum atomic E-state index is -0.110. The molecule has 1 amide bonds. The number of phenolic OH excluding ortho intramolecular Hbond substituents is 1. The Morgan fingerprint density at radius 2 is 2.23 bits per heavy atom. The van der Waals surface area contributed by atoms with Crippen molar-refractivity contribution < 1.29 is 19.4 Å². The van der Waals surface area contributed by atoms with E-state index in [2.05, 4.69) is 4.98 Å². The van der Waals surface area contributed by atoms with Crippen LogP contribution in [0.2, 0.25) is 0 Å². The minimum Gasteiger partial charge on any atom is -0.507 e. The van der Waals surface area contributed by atoms with Crippen LogP contribution in [0.5, 0.6) is 11.5 Å². The van der Waals surface area contributed by atoms with Crippen LogP contribution in [0.1, 0.15) is 45.7 Å². The number of aldehydes is 1. The number of aryl methyl sites for hydroxylation is 1. The quantitative estimate of drug-likeness (QED) is 0.835. The second-order valence-electron chi connectivity index (χ2n) is 6.45. The molecule has 26 heavy (non-hydrogen) atoms. The molecule has 136 valence electrons. The first-order valence-corrected chi connectivity index (χ1v) is 8.73. The molecule has 1 aromatic heterocycles. The van der Waals surface area contributed by atoms with Crippen LogP contribution in [0.15, 0.2) is 36.5 Å². The zero-order chi connectivity index (χ0) is 18.5. The molecule has 0 bridgehead atoms. The number of piperidine rings is 1. The molecule has 2 heterocycles. The van der Waals surface area contributed by atoms with Gasteiger partial charge in [0.2, 0.25) is 0 Å². The summed E-state index contributed by atoms with van der Waals surface area (Å²) in [7, 11) is 0. The average molecular weight is 354 g/mol. The smallest absolute Gasteiger partial charge is 0.254 e. The summed E-state index contributed by atoms with van der Waals surface area (Å²) in [6, 6.07) is 8.15. The number of benzene rings is 1. The zero-order valence-electron chi connectivity index (χ0n) is 14.7. The molecule has 0 aliphatic carbocycles. The molecule has 1 aromatic carbocycles. The third-order valence-corrected chi connectivity index (χ3v) is 4.62. The van der Waals surface area contributed by atoms with Crippen molar-refractivity contribution in [1.82, 2.24) is 9.88 Å². The highest BCUT2D eigenvalue weighted by Gasteiger charge is 2.28. The highest BCUT2D eigenvalue weighted by molar-refractivity contribution is 5.94. The number of phenols is 1. The van der Waals surface area contributed by atoms with Crippen LogP contribution in [-0.4, -0.2) is 46.4 Å². The van der Waals surface area contributed by atoms with Gasteiger partial charge in [-0.2, -0.15) is 0 Å². The van der Waals surface area contributed by atoms with E-state index in [-0.39, 0.29) is 29.9 Å². The number of nitrogens with zero attached hydrogens (tertiary/aromatic N) is 2. The number of hydrogen-bond donors (Lipinski definition) is 1. The Bertz CT molecular complexity index is 806. The lowest BCUT2D eigenvalue weighted by molar-refractivity contribution is 0.0526. The highest BCUT2D eigenvalue weighted by Crippen LogP contribution is 2.27. The summed E-state index contributed by atoms with van der Waals surface area (Å²) in [5, 5.41) is 9.76. The molecule has 1 N–H and O–H groups in total. The second-order valence-corrected chi connectivity index (χ2v) is 6.45. The lowest BCUT2D eigenvalue weighted by Crippen LogP contribution is -2.46. The number of hydrogen-bond acceptors (Lipinski definition) is 5. The zero-order valence-corrected chi connectivity index (χ0v) is 14.7. The number of carbonyl (C=O) groups is 2. The van der Waals surface area contributed by atoms with Gasteiger partial charge in [-0.15, -0.1) is 0 Å². The van der Waals surface area contributed by atoms with Crippen molar-refractivity contribution in [3.63, 3.8) is 0 Å². The number of amides is 1. The van der Waals surface area contributed by atoms with Gasteiger partial charge < -0.3 is 14.7 Å². The summed E-state index contributed by atoms with van der Waals surface area (Å²) in [6.07, 6.45) is 5.03. The van der Waals surface area contributed by atoms with Gasteiger partial charge in [0, 0.05) is 24.0 Å². The number of pyridine rings is 1. The number of ether oxygens (including phenoxy) is 1. The van der Waals surface area contributed by atoms with Gasteiger partial charge in [-0.1, -0.05) is 6.07 Å². The van der Waals surface area contributed by atoms with E-state index in [1.165, 1.54) is 6.07 Å². The predicted octanol–water partition coefficient (Wildman–Crippen LogP) is 2.98. The minimum absolute atomic E-state index is 0.0321. The third-order valence-electron chi connectivity index (χ3n) is 4.62. The Hall–Kier alpha value is -2.89. The Balaban J connectivity index is 1.74. The highest BCUT2D eigenvalue weighted by atomic mass is 16.5. The van der Waals surface area contributed by atoms with Gasteiger partial charge in [0.15, 0.2) is 6.29 Å². The molecule has 1 fully saturated rings. The predicted molar refractivity (Wildman–Crippen MR) is 96.6 cm³/mol. The molecule has 0 spiro atoms. The lowest BCUT2D eigenvalue weighted by atomic mass is 10.0. The molecule has 1 atom stereocenters. The summed E-state index contributed by atoms with van der Waals surface area (Å²) >= 11 is 0. The van der Waals surface area contributed by atoms with Gasteiger partial charge in [-0.25, -0.2) is 0 Å². The average Bonchev–Trinajstić information content (AvgIpc) is 2.66. The number of aromatic hydroxyl groups is 1. The van der Waals surface area contributed by atoms with Gasteiger partial charge in [-0.05, 0) is 50.5 Å². The summed E-state index contributed by atoms with van der Waals surface area (Å²) in [5.74, 6) is 0.189. The van der Waals surface area contributed by atoms with E-state index in [4.69, 9.17) is 4.74 Å². The van der Waals surface area contributed by atoms with E-state index in [9.17, 15) is 14.7 Å². The molecule has 2 aromatic rings. The molecule has 1 unspecified atom stereocenters. The van der Waals surface area contributed by atoms with Crippen LogP contribution >= 0.6 is 0 Å². The molecule has 1 aliphatic rings. The van der Waals surface area contributed by atoms with Crippen molar-refractivity contribution in [3.05, 3.63) is 53.3 Å². The molecule has 1 saturated heterocycles. The van der Waals surface area contributed by atoms with E-state index in [0.29, 0.717) is 24.1 Å². The maximum Gasteiger partial charge on any atom is 0.254 e. The fourth-order valence-electron chi connectivity index (χ4n) is 3.25. The molecule has 3 rings (SSSR count). The summed E-state index contributed by atoms with van der Waals surface area (Å²) < 4.78 is 5.79. The fraction of sp³-hybridized carbons (Fsp3) is 0.350. The Labute approximate surface area is 152 Å². The van der Waals surface area contributed by atoms with Crippen LogP contribution < -0.4 is 4.74 Å². The van der Waals surface area contributed by atoms with E-state index >= 15 is 0 Å². The SMILES string of the molecule is Cc1cc(C(=O)N2CCCCC2COc2cccc(O)c2C=O)ccn1. The van der Waals surface area contributed by atoms with Gasteiger partial charge in [0.1, 0.15) is 18.1 Å². The van der Waals surface area contributed by atoms with Gasteiger partial charge in [0.25, 0.3) is 5.91 Å². The Morgan fingerprint density at radius 1 is 1.38 bits per heavy atom. The number of carbonyl (C=O) groups excluding carboxylic acids is 2. The Morgan fingerprint density at radius 3 is 3.00 bits per heavy atom. The van der Waals surface area contributed by atoms with E-state index in [0.717, 1.165) is 25.0 Å². The molecule has 6 heteroatoms. The molecule has 6 nitrogen and oxygen atoms in total. The summed E-state index contributed by atoms with van der Waals surface area (Å²) in [5.41, 5.74) is 1.55. The van der Waals surface area contributed by atoms with Crippen LogP contribution in [0.25, 0.3) is 0 Å². The van der Waals surface area contributed by atoms with Crippen molar-refractivity contribution in [2.24, 2.45) is 0 Å². The van der Waals surface area contributed by atoms with Gasteiger partial charge in [0.05, 0.1) is 11.6 Å². The van der Waals surface area contributed by atoms with Crippen LogP contribution in [0.3, 0.4) is 0 Å². The fourth-order valence-corrected chi connectivity index (χ4v) is 3.25. The maximum atomic E-state index is 12.9. The van der Waals surface area contributed by atoms with Crippen LogP contribution in [0, 0.1) is 6.92 Å². The van der Waals surface area contributed by atoms with E-state index in [1.54, 1.807) is 30.5 Å². The second kappa shape index (κ2) is 7.99. The first kappa shape index (κ1) is 17.9. The van der Waals surface area contributed by atoms with Gasteiger partial charge >= 0.3 is 0 Å². The van der Waals surface area contributed by atoms with Crippen LogP contribution in [0.4, 0.5) is 0 Å². The maximum absolute atomic E-state index is 12.9. The van der Waals surface area contributed by atoms with E-state index in [1.807, 2.05) is 11.8 Å². The van der Waals surface area contributed by atoms with Crippen molar-refractivity contribution in [3.8, 4) is 11.5 Å². The third kappa shape index (κ3) is 3.85. The van der Waals surface area contributed by atoms with Crippen molar-refractivity contribution >= 4 is 12.2 Å². The van der Waals surface area contributed by atoms with Crippen LogP contribution in [-0.2, 0) is 0 Å². The topological polar surface area (TPSA) is 79.7 Å². The standard InChI is InChI=1S/C20H22N2O4/c1-14-11-15(8-9-21-14)20(25)22-10-3-2-5-16(22)13-26-19-7-4-6-18(24)17(19)12-23/h4,6-9,11-12,16,24H,2-3,5,10,13H2,1H3. The molecule has 0 radical (unpaired) electrons. The van der Waals surface area contributed by atoms with Gasteiger partial charge in [-0.3, -0.25) is 14.6 Å². The number of likely N-dealkylation sites (tertiary alicyclic amines) is 1. The van der Waals surface area contributed by atoms with Crippen molar-refractivity contribution in [2.45, 2.75) is 32.2 Å². The first-order valence-electron chi connectivity index (χ1n) is 8.73. The number of aromatic nitrogens is 1. The molecular formula is C20H22N2O4. The largest absolute Gasteiger partial charge is 0.507 e. The molecule has 0 saturated carbocycles. The Kier molecular flexibility index (Phi) is 5.51. The van der Waals surface area contributed by atoms with E-state index < -0.39 is 0 Å². The summed E-state index contributed by atoms with van der Waals surface area (Å²) in [6.45, 7) is 2.81. The monoisotopic (exact) mass is 354 g/mol. The summed E-state index contributed by atoms with van der Waals surface area (Å²) in [4.78, 5) is 30.0. The first-order chi connectivity index (χ1) is 12.6. The molecule has 1 aliphatic heterocycles. The lowest BCUT2D eigenvalue weighted by Gasteiger charge is -2.35.